The van der Waals surface area contributed by atoms with Crippen LogP contribution >= 0.6 is 0 Å². The highest BCUT2D eigenvalue weighted by atomic mass is 28.4. The predicted octanol–water partition coefficient (Wildman–Crippen LogP) is 4.88. The lowest BCUT2D eigenvalue weighted by atomic mass is 9.45. The lowest BCUT2D eigenvalue weighted by Crippen LogP contribution is -2.74. The highest BCUT2D eigenvalue weighted by molar-refractivity contribution is 6.73. The van der Waals surface area contributed by atoms with Crippen molar-refractivity contribution in [3.63, 3.8) is 0 Å². The van der Waals surface area contributed by atoms with E-state index in [1.807, 2.05) is 27.7 Å². The molecule has 3 aliphatic carbocycles. The Hall–Kier alpha value is -2.02. The van der Waals surface area contributed by atoms with Gasteiger partial charge in [-0.25, -0.2) is 0 Å². The molecule has 0 unspecified atom stereocenters. The lowest BCUT2D eigenvalue weighted by Gasteiger charge is -2.62. The minimum Gasteiger partial charge on any atom is -0.462 e. The summed E-state index contributed by atoms with van der Waals surface area (Å²) >= 11 is 0. The highest BCUT2D eigenvalue weighted by Gasteiger charge is 2.89. The Labute approximate surface area is 274 Å². The Morgan fingerprint density at radius 2 is 1.28 bits per heavy atom. The van der Waals surface area contributed by atoms with Crippen molar-refractivity contribution in [1.29, 1.82) is 0 Å². The van der Waals surface area contributed by atoms with Crippen LogP contribution in [0.3, 0.4) is 0 Å². The van der Waals surface area contributed by atoms with Crippen molar-refractivity contribution in [2.75, 3.05) is 6.61 Å². The first-order valence-electron chi connectivity index (χ1n) is 17.1. The third-order valence-corrected chi connectivity index (χ3v) is 17.5. The predicted molar refractivity (Wildman–Crippen MR) is 168 cm³/mol. The van der Waals surface area contributed by atoms with Gasteiger partial charge in [-0.1, -0.05) is 41.5 Å². The number of fused-ring (bicyclic) bond motifs is 3. The van der Waals surface area contributed by atoms with Crippen molar-refractivity contribution >= 4 is 32.2 Å². The molecular weight excluding hydrogens is 612 g/mol. The van der Waals surface area contributed by atoms with Crippen LogP contribution < -0.4 is 0 Å². The van der Waals surface area contributed by atoms with E-state index in [0.29, 0.717) is 25.9 Å². The molecule has 46 heavy (non-hydrogen) atoms. The highest BCUT2D eigenvalue weighted by Crippen LogP contribution is 2.75. The van der Waals surface area contributed by atoms with Crippen LogP contribution in [-0.2, 0) is 52.0 Å². The van der Waals surface area contributed by atoms with Gasteiger partial charge in [0.05, 0.1) is 12.7 Å². The van der Waals surface area contributed by atoms with Gasteiger partial charge in [-0.3, -0.25) is 19.2 Å². The Balaban J connectivity index is 1.78. The van der Waals surface area contributed by atoms with Gasteiger partial charge in [0.15, 0.2) is 14.4 Å². The molecule has 2 saturated heterocycles. The van der Waals surface area contributed by atoms with Gasteiger partial charge in [0, 0.05) is 50.4 Å². The van der Waals surface area contributed by atoms with Crippen LogP contribution in [-0.4, -0.2) is 86.1 Å². The zero-order valence-corrected chi connectivity index (χ0v) is 30.5. The summed E-state index contributed by atoms with van der Waals surface area (Å²) in [6.07, 6.45) is -2.27. The number of hydrogen-bond acceptors (Lipinski definition) is 11. The fourth-order valence-electron chi connectivity index (χ4n) is 10.3. The largest absolute Gasteiger partial charge is 0.462 e. The van der Waals surface area contributed by atoms with Crippen molar-refractivity contribution in [1.82, 2.24) is 0 Å². The molecule has 2 aliphatic heterocycles. The zero-order chi connectivity index (χ0) is 34.3. The first-order chi connectivity index (χ1) is 21.3. The van der Waals surface area contributed by atoms with E-state index in [2.05, 4.69) is 20.8 Å². The minimum atomic E-state index is -2.11. The fourth-order valence-corrected chi connectivity index (χ4v) is 13.3. The van der Waals surface area contributed by atoms with Gasteiger partial charge in [-0.2, -0.15) is 0 Å². The summed E-state index contributed by atoms with van der Waals surface area (Å²) in [5.74, 6) is -2.94. The zero-order valence-electron chi connectivity index (χ0n) is 29.5. The summed E-state index contributed by atoms with van der Waals surface area (Å²) in [4.78, 5) is 51.5. The van der Waals surface area contributed by atoms with Gasteiger partial charge in [-0.05, 0) is 44.3 Å². The van der Waals surface area contributed by atoms with E-state index in [9.17, 15) is 19.2 Å². The standard InChI is InChI=1S/C34H54O11Si/c1-12-46(13-2,14-3)44-24-15-16-31(10)27(33(24)18-39-33)26(41-20(5)36)23-17-25(40-19(4)35)32(11)34(45-32,30(23,8)9)29(43-22(7)38)28(31)42-21(6)37/h23-29H,12-18H2,1-11H3/t23-,24-,25-,26+,27-,28-,29-,31+,32+,33+,34-/m0/s1. The first kappa shape index (κ1) is 35.3. The number of carbonyl (C=O) groups is 4. The average molecular weight is 667 g/mol. The van der Waals surface area contributed by atoms with Gasteiger partial charge in [-0.15, -0.1) is 0 Å². The third-order valence-electron chi connectivity index (χ3n) is 12.8. The smallest absolute Gasteiger partial charge is 0.303 e. The quantitative estimate of drug-likeness (QED) is 0.144. The molecule has 2 bridgehead atoms. The second-order valence-corrected chi connectivity index (χ2v) is 20.1. The molecule has 0 aromatic heterocycles. The van der Waals surface area contributed by atoms with Gasteiger partial charge in [0.25, 0.3) is 0 Å². The van der Waals surface area contributed by atoms with Crippen LogP contribution in [0.5, 0.6) is 0 Å². The summed E-state index contributed by atoms with van der Waals surface area (Å²) in [6.45, 7) is 20.3. The van der Waals surface area contributed by atoms with E-state index >= 15 is 0 Å². The second-order valence-electron chi connectivity index (χ2n) is 15.4. The Bertz CT molecular complexity index is 1250. The van der Waals surface area contributed by atoms with Crippen molar-refractivity contribution < 1.29 is 52.0 Å². The van der Waals surface area contributed by atoms with E-state index in [1.54, 1.807) is 0 Å². The van der Waals surface area contributed by atoms with Gasteiger partial charge in [0.1, 0.15) is 35.1 Å². The maximum absolute atomic E-state index is 13.1. The molecule has 2 heterocycles. The van der Waals surface area contributed by atoms with Crippen LogP contribution in [0.1, 0.15) is 95.4 Å². The lowest BCUT2D eigenvalue weighted by molar-refractivity contribution is -0.253. The third kappa shape index (κ3) is 4.98. The number of carbonyl (C=O) groups excluding carboxylic acids is 4. The van der Waals surface area contributed by atoms with Gasteiger partial charge in [0.2, 0.25) is 0 Å². The molecule has 0 N–H and O–H groups in total. The van der Waals surface area contributed by atoms with Gasteiger partial charge < -0.3 is 32.8 Å². The van der Waals surface area contributed by atoms with Crippen molar-refractivity contribution in [2.24, 2.45) is 22.7 Å². The number of epoxide rings is 2. The van der Waals surface area contributed by atoms with Crippen LogP contribution in [0.4, 0.5) is 0 Å². The average Bonchev–Trinajstić information content (AvgIpc) is 3.87. The number of hydrogen-bond donors (Lipinski definition) is 0. The van der Waals surface area contributed by atoms with Crippen molar-refractivity contribution in [3.05, 3.63) is 0 Å². The van der Waals surface area contributed by atoms with Crippen LogP contribution in [0.25, 0.3) is 0 Å². The molecular formula is C34H54O11Si. The number of esters is 4. The van der Waals surface area contributed by atoms with E-state index in [4.69, 9.17) is 32.8 Å². The van der Waals surface area contributed by atoms with Crippen molar-refractivity contribution in [2.45, 2.75) is 161 Å². The second kappa shape index (κ2) is 11.5. The normalized spacial score (nSPS) is 43.6. The molecule has 0 amide bonds. The van der Waals surface area contributed by atoms with E-state index < -0.39 is 96.1 Å². The van der Waals surface area contributed by atoms with Crippen molar-refractivity contribution in [3.8, 4) is 0 Å². The Kier molecular flexibility index (Phi) is 8.86. The Morgan fingerprint density at radius 3 is 1.76 bits per heavy atom. The topological polar surface area (TPSA) is 139 Å². The Morgan fingerprint density at radius 1 is 0.761 bits per heavy atom. The summed E-state index contributed by atoms with van der Waals surface area (Å²) in [5.41, 5.74) is -4.84. The molecule has 5 fully saturated rings. The maximum Gasteiger partial charge on any atom is 0.303 e. The van der Waals surface area contributed by atoms with Crippen LogP contribution in [0.15, 0.2) is 0 Å². The molecule has 5 rings (SSSR count). The minimum absolute atomic E-state index is 0.257. The molecule has 2 spiro atoms. The fraction of sp³-hybridized carbons (Fsp3) is 0.882. The summed E-state index contributed by atoms with van der Waals surface area (Å²) in [5, 5.41) is 0. The molecule has 0 radical (unpaired) electrons. The SMILES string of the molecule is CC[Si](CC)(CC)O[C@H]1CC[C@@]2(C)[C@@H](OC(C)=O)[C@H](OC(C)=O)[C@@]34O[C@]3(C)[C@@H](OC(C)=O)C[C@@H]([C@@H](OC(C)=O)[C@@H]2[C@@]12CO2)C4(C)C. The van der Waals surface area contributed by atoms with E-state index in [0.717, 1.165) is 18.1 Å². The summed E-state index contributed by atoms with van der Waals surface area (Å²) in [7, 11) is -2.11. The molecule has 5 aliphatic rings. The van der Waals surface area contributed by atoms with Gasteiger partial charge >= 0.3 is 23.9 Å². The summed E-state index contributed by atoms with van der Waals surface area (Å²) < 4.78 is 45.4. The molecule has 0 aromatic rings. The molecule has 0 aromatic carbocycles. The molecule has 12 heteroatoms. The molecule has 3 saturated carbocycles. The van der Waals surface area contributed by atoms with Crippen LogP contribution in [0, 0.1) is 22.7 Å². The monoisotopic (exact) mass is 666 g/mol. The van der Waals surface area contributed by atoms with E-state index in [-0.39, 0.29) is 6.10 Å². The maximum atomic E-state index is 13.1. The van der Waals surface area contributed by atoms with Crippen LogP contribution in [0.2, 0.25) is 18.1 Å². The summed E-state index contributed by atoms with van der Waals surface area (Å²) in [6, 6.07) is 2.89. The molecule has 11 atom stereocenters. The number of rotatable bonds is 9. The molecule has 11 nitrogen and oxygen atoms in total. The van der Waals surface area contributed by atoms with E-state index in [1.165, 1.54) is 27.7 Å². The molecule has 260 valence electrons. The number of ether oxygens (including phenoxy) is 6. The first-order valence-corrected chi connectivity index (χ1v) is 19.6.